The summed E-state index contributed by atoms with van der Waals surface area (Å²) in [5, 5.41) is 0. The number of hydrogen-bond acceptors (Lipinski definition) is 2. The molecule has 1 aliphatic rings. The highest BCUT2D eigenvalue weighted by atomic mass is 16.1. The van der Waals surface area contributed by atoms with E-state index < -0.39 is 0 Å². The Hall–Kier alpha value is -2.22. The van der Waals surface area contributed by atoms with Gasteiger partial charge in [-0.2, -0.15) is 0 Å². The first-order valence-electron chi connectivity index (χ1n) is 7.78. The Morgan fingerprint density at radius 2 is 1.00 bits per heavy atom. The van der Waals surface area contributed by atoms with Crippen molar-refractivity contribution >= 4 is 11.6 Å². The molecule has 0 saturated heterocycles. The Kier molecular flexibility index (Phi) is 3.93. The van der Waals surface area contributed by atoms with Gasteiger partial charge < -0.3 is 0 Å². The van der Waals surface area contributed by atoms with E-state index in [0.717, 1.165) is 35.1 Å². The van der Waals surface area contributed by atoms with Crippen LogP contribution in [0.2, 0.25) is 0 Å². The molecule has 0 aliphatic heterocycles. The van der Waals surface area contributed by atoms with Crippen LogP contribution in [-0.2, 0) is 0 Å². The highest BCUT2D eigenvalue weighted by Gasteiger charge is 2.41. The normalized spacial score (nSPS) is 20.3. The predicted molar refractivity (Wildman–Crippen MR) is 87.2 cm³/mol. The van der Waals surface area contributed by atoms with Crippen molar-refractivity contribution in [1.29, 1.82) is 0 Å². The molecular weight excluding hydrogens is 272 g/mol. The number of benzene rings is 2. The summed E-state index contributed by atoms with van der Waals surface area (Å²) in [5.41, 5.74) is 3.71. The summed E-state index contributed by atoms with van der Waals surface area (Å²) in [6, 6.07) is 15.2. The monoisotopic (exact) mass is 292 g/mol. The standard InChI is InChI=1S/C20H20O2/c1-13-3-7-15(8-4-13)19(21)17-11-12-18(17)20(22)16-9-5-14(2)6-10-16/h3-10,17-18H,11-12H2,1-2H3/t17-,18-/m1/s1. The number of hydrogen-bond donors (Lipinski definition) is 0. The SMILES string of the molecule is Cc1ccc(C(=O)[C@@H]2CC[C@H]2C(=O)c2ccc(C)cc2)cc1. The van der Waals surface area contributed by atoms with Gasteiger partial charge in [0.1, 0.15) is 0 Å². The molecule has 22 heavy (non-hydrogen) atoms. The van der Waals surface area contributed by atoms with Crippen LogP contribution in [0.15, 0.2) is 48.5 Å². The lowest BCUT2D eigenvalue weighted by atomic mass is 9.67. The first kappa shape index (κ1) is 14.7. The first-order valence-corrected chi connectivity index (χ1v) is 7.78. The van der Waals surface area contributed by atoms with Crippen molar-refractivity contribution in [2.45, 2.75) is 26.7 Å². The minimum Gasteiger partial charge on any atom is -0.294 e. The van der Waals surface area contributed by atoms with Gasteiger partial charge in [-0.3, -0.25) is 9.59 Å². The molecule has 0 radical (unpaired) electrons. The third-order valence-corrected chi connectivity index (χ3v) is 4.62. The van der Waals surface area contributed by atoms with E-state index in [2.05, 4.69) is 0 Å². The zero-order valence-corrected chi connectivity index (χ0v) is 13.0. The molecule has 0 aromatic heterocycles. The van der Waals surface area contributed by atoms with Gasteiger partial charge in [0, 0.05) is 23.0 Å². The molecule has 0 spiro atoms. The molecule has 0 bridgehead atoms. The van der Waals surface area contributed by atoms with Crippen LogP contribution >= 0.6 is 0 Å². The van der Waals surface area contributed by atoms with E-state index in [9.17, 15) is 9.59 Å². The molecule has 3 rings (SSSR count). The fraction of sp³-hybridized carbons (Fsp3) is 0.300. The first-order chi connectivity index (χ1) is 10.6. The number of carbonyl (C=O) groups excluding carboxylic acids is 2. The van der Waals surface area contributed by atoms with Crippen LogP contribution in [0.5, 0.6) is 0 Å². The second-order valence-corrected chi connectivity index (χ2v) is 6.25. The van der Waals surface area contributed by atoms with Gasteiger partial charge in [-0.25, -0.2) is 0 Å². The molecule has 0 amide bonds. The molecule has 2 atom stereocenters. The van der Waals surface area contributed by atoms with Gasteiger partial charge in [0.25, 0.3) is 0 Å². The fourth-order valence-electron chi connectivity index (χ4n) is 2.99. The average molecular weight is 292 g/mol. The highest BCUT2D eigenvalue weighted by molar-refractivity contribution is 6.06. The van der Waals surface area contributed by atoms with Crippen molar-refractivity contribution < 1.29 is 9.59 Å². The minimum absolute atomic E-state index is 0.108. The second-order valence-electron chi connectivity index (χ2n) is 6.25. The summed E-state index contributed by atoms with van der Waals surface area (Å²) in [7, 11) is 0. The molecule has 0 unspecified atom stereocenters. The van der Waals surface area contributed by atoms with E-state index in [1.165, 1.54) is 0 Å². The Bertz CT molecular complexity index is 632. The van der Waals surface area contributed by atoms with Crippen LogP contribution in [0, 0.1) is 25.7 Å². The van der Waals surface area contributed by atoms with Crippen molar-refractivity contribution in [2.75, 3.05) is 0 Å². The van der Waals surface area contributed by atoms with E-state index >= 15 is 0 Å². The van der Waals surface area contributed by atoms with Gasteiger partial charge in [-0.15, -0.1) is 0 Å². The highest BCUT2D eigenvalue weighted by Crippen LogP contribution is 2.39. The van der Waals surface area contributed by atoms with Crippen molar-refractivity contribution in [3.8, 4) is 0 Å². The maximum atomic E-state index is 12.6. The van der Waals surface area contributed by atoms with Crippen molar-refractivity contribution in [3.63, 3.8) is 0 Å². The third-order valence-electron chi connectivity index (χ3n) is 4.62. The van der Waals surface area contributed by atoms with Crippen molar-refractivity contribution in [2.24, 2.45) is 11.8 Å². The summed E-state index contributed by atoms with van der Waals surface area (Å²) in [6.07, 6.45) is 1.63. The molecule has 1 fully saturated rings. The van der Waals surface area contributed by atoms with Gasteiger partial charge in [0.05, 0.1) is 0 Å². The molecule has 2 nitrogen and oxygen atoms in total. The lowest BCUT2D eigenvalue weighted by Gasteiger charge is -2.34. The number of rotatable bonds is 4. The topological polar surface area (TPSA) is 34.1 Å². The number of carbonyl (C=O) groups is 2. The van der Waals surface area contributed by atoms with E-state index in [-0.39, 0.29) is 23.4 Å². The lowest BCUT2D eigenvalue weighted by molar-refractivity contribution is 0.0618. The summed E-state index contributed by atoms with van der Waals surface area (Å²) in [5.74, 6) is -0.0959. The van der Waals surface area contributed by atoms with Gasteiger partial charge in [-0.05, 0) is 26.7 Å². The van der Waals surface area contributed by atoms with Gasteiger partial charge >= 0.3 is 0 Å². The Balaban J connectivity index is 1.76. The summed E-state index contributed by atoms with van der Waals surface area (Å²) < 4.78 is 0. The average Bonchev–Trinajstić information content (AvgIpc) is 2.47. The quantitative estimate of drug-likeness (QED) is 0.783. The zero-order valence-electron chi connectivity index (χ0n) is 13.0. The van der Waals surface area contributed by atoms with E-state index in [4.69, 9.17) is 0 Å². The molecule has 1 saturated carbocycles. The molecule has 2 heteroatoms. The third kappa shape index (κ3) is 2.74. The van der Waals surface area contributed by atoms with E-state index in [0.29, 0.717) is 0 Å². The van der Waals surface area contributed by atoms with Crippen molar-refractivity contribution in [1.82, 2.24) is 0 Å². The fourth-order valence-corrected chi connectivity index (χ4v) is 2.99. The zero-order chi connectivity index (χ0) is 15.7. The maximum Gasteiger partial charge on any atom is 0.166 e. The molecule has 112 valence electrons. The molecule has 0 N–H and O–H groups in total. The molecular formula is C20H20O2. The lowest BCUT2D eigenvalue weighted by Crippen LogP contribution is -2.38. The van der Waals surface area contributed by atoms with Crippen LogP contribution in [0.1, 0.15) is 44.7 Å². The Labute approximate surface area is 131 Å². The van der Waals surface area contributed by atoms with E-state index in [1.807, 2.05) is 62.4 Å². The number of ketones is 2. The van der Waals surface area contributed by atoms with Crippen LogP contribution in [0.4, 0.5) is 0 Å². The molecule has 1 aliphatic carbocycles. The molecule has 0 heterocycles. The van der Waals surface area contributed by atoms with Gasteiger partial charge in [-0.1, -0.05) is 59.7 Å². The largest absolute Gasteiger partial charge is 0.294 e. The second kappa shape index (κ2) is 5.88. The van der Waals surface area contributed by atoms with Crippen LogP contribution in [0.3, 0.4) is 0 Å². The Morgan fingerprint density at radius 3 is 1.27 bits per heavy atom. The van der Waals surface area contributed by atoms with Crippen molar-refractivity contribution in [3.05, 3.63) is 70.8 Å². The summed E-state index contributed by atoms with van der Waals surface area (Å²) in [4.78, 5) is 25.2. The maximum absolute atomic E-state index is 12.6. The van der Waals surface area contributed by atoms with Crippen LogP contribution < -0.4 is 0 Å². The number of aryl methyl sites for hydroxylation is 2. The predicted octanol–water partition coefficient (Wildman–Crippen LogP) is 4.40. The van der Waals surface area contributed by atoms with Gasteiger partial charge in [0.15, 0.2) is 11.6 Å². The minimum atomic E-state index is -0.156. The van der Waals surface area contributed by atoms with Crippen LogP contribution in [-0.4, -0.2) is 11.6 Å². The molecule has 2 aromatic rings. The number of Topliss-reactive ketones (excluding diaryl/α,β-unsaturated/α-hetero) is 2. The summed E-state index contributed by atoms with van der Waals surface area (Å²) >= 11 is 0. The summed E-state index contributed by atoms with van der Waals surface area (Å²) in [6.45, 7) is 4.00. The van der Waals surface area contributed by atoms with E-state index in [1.54, 1.807) is 0 Å². The van der Waals surface area contributed by atoms with Gasteiger partial charge in [0.2, 0.25) is 0 Å². The smallest absolute Gasteiger partial charge is 0.166 e. The van der Waals surface area contributed by atoms with Crippen LogP contribution in [0.25, 0.3) is 0 Å². The Morgan fingerprint density at radius 1 is 0.682 bits per heavy atom. The molecule has 2 aromatic carbocycles.